The average molecular weight is 373 g/mol. The smallest absolute Gasteiger partial charge is 0.337 e. The molecular formula is C15H12BrClFNO2. The van der Waals surface area contributed by atoms with Gasteiger partial charge in [-0.3, -0.25) is 0 Å². The summed E-state index contributed by atoms with van der Waals surface area (Å²) in [6, 6.07) is 9.47. The van der Waals surface area contributed by atoms with Crippen LogP contribution in [0.4, 0.5) is 10.1 Å². The number of ether oxygens (including phenoxy) is 1. The molecule has 21 heavy (non-hydrogen) atoms. The van der Waals surface area contributed by atoms with Crippen molar-refractivity contribution in [3.05, 3.63) is 62.8 Å². The molecule has 0 radical (unpaired) electrons. The predicted octanol–water partition coefficient (Wildman–Crippen LogP) is 4.64. The molecule has 1 N–H and O–H groups in total. The molecule has 0 saturated heterocycles. The molecule has 0 aliphatic carbocycles. The zero-order chi connectivity index (χ0) is 15.4. The summed E-state index contributed by atoms with van der Waals surface area (Å²) >= 11 is 9.25. The summed E-state index contributed by atoms with van der Waals surface area (Å²) in [5.41, 5.74) is 1.46. The highest BCUT2D eigenvalue weighted by molar-refractivity contribution is 9.10. The molecular weight excluding hydrogens is 361 g/mol. The zero-order valence-electron chi connectivity index (χ0n) is 11.1. The van der Waals surface area contributed by atoms with Gasteiger partial charge < -0.3 is 10.1 Å². The summed E-state index contributed by atoms with van der Waals surface area (Å²) in [5, 5.41) is 3.56. The maximum absolute atomic E-state index is 13.7. The van der Waals surface area contributed by atoms with E-state index in [0.29, 0.717) is 17.1 Å². The quantitative estimate of drug-likeness (QED) is 0.795. The number of anilines is 1. The first kappa shape index (κ1) is 15.8. The highest BCUT2D eigenvalue weighted by Crippen LogP contribution is 2.24. The van der Waals surface area contributed by atoms with Crippen LogP contribution in [0.15, 0.2) is 40.9 Å². The third-order valence-corrected chi connectivity index (χ3v) is 4.07. The standard InChI is InChI=1S/C15H12BrClFNO2/c1-21-15(20)10-3-5-13(18)14(7-10)19-8-9-2-4-12(17)11(16)6-9/h2-7,19H,8H2,1H3. The Morgan fingerprint density at radius 3 is 2.76 bits per heavy atom. The van der Waals surface area contributed by atoms with Crippen molar-refractivity contribution in [1.29, 1.82) is 0 Å². The molecule has 0 aliphatic heterocycles. The minimum absolute atomic E-state index is 0.240. The second-order valence-corrected chi connectivity index (χ2v) is 5.55. The minimum Gasteiger partial charge on any atom is -0.465 e. The second kappa shape index (κ2) is 6.91. The molecule has 110 valence electrons. The molecule has 2 rings (SSSR count). The Kier molecular flexibility index (Phi) is 5.20. The van der Waals surface area contributed by atoms with E-state index in [1.165, 1.54) is 25.3 Å². The molecule has 0 spiro atoms. The first-order chi connectivity index (χ1) is 10.0. The Morgan fingerprint density at radius 2 is 2.10 bits per heavy atom. The van der Waals surface area contributed by atoms with Gasteiger partial charge in [-0.1, -0.05) is 17.7 Å². The summed E-state index contributed by atoms with van der Waals surface area (Å²) in [6.45, 7) is 0.400. The second-order valence-electron chi connectivity index (χ2n) is 4.29. The monoisotopic (exact) mass is 371 g/mol. The highest BCUT2D eigenvalue weighted by Gasteiger charge is 2.10. The molecule has 0 aromatic heterocycles. The number of rotatable bonds is 4. The normalized spacial score (nSPS) is 10.3. The summed E-state index contributed by atoms with van der Waals surface area (Å²) in [7, 11) is 1.28. The highest BCUT2D eigenvalue weighted by atomic mass is 79.9. The number of carbonyl (C=O) groups excluding carboxylic acids is 1. The van der Waals surface area contributed by atoms with Crippen molar-refractivity contribution in [2.24, 2.45) is 0 Å². The lowest BCUT2D eigenvalue weighted by Gasteiger charge is -2.10. The SMILES string of the molecule is COC(=O)c1ccc(F)c(NCc2ccc(Cl)c(Br)c2)c1. The van der Waals surface area contributed by atoms with Crippen LogP contribution >= 0.6 is 27.5 Å². The van der Waals surface area contributed by atoms with Crippen LogP contribution in [0.1, 0.15) is 15.9 Å². The maximum atomic E-state index is 13.7. The van der Waals surface area contributed by atoms with Crippen molar-refractivity contribution < 1.29 is 13.9 Å². The Balaban J connectivity index is 2.15. The van der Waals surface area contributed by atoms with Crippen molar-refractivity contribution in [3.8, 4) is 0 Å². The van der Waals surface area contributed by atoms with Gasteiger partial charge >= 0.3 is 5.97 Å². The van der Waals surface area contributed by atoms with E-state index in [1.807, 2.05) is 12.1 Å². The number of methoxy groups -OCH3 is 1. The molecule has 6 heteroatoms. The minimum atomic E-state index is -0.507. The van der Waals surface area contributed by atoms with E-state index in [-0.39, 0.29) is 5.69 Å². The third-order valence-electron chi connectivity index (χ3n) is 2.85. The van der Waals surface area contributed by atoms with Gasteiger partial charge in [0.1, 0.15) is 5.82 Å². The zero-order valence-corrected chi connectivity index (χ0v) is 13.5. The first-order valence-electron chi connectivity index (χ1n) is 6.07. The van der Waals surface area contributed by atoms with Crippen molar-refractivity contribution in [3.63, 3.8) is 0 Å². The summed E-state index contributed by atoms with van der Waals surface area (Å²) < 4.78 is 19.1. The fourth-order valence-electron chi connectivity index (χ4n) is 1.75. The Labute approximate surface area is 135 Å². The summed E-state index contributed by atoms with van der Waals surface area (Å²) in [4.78, 5) is 11.4. The maximum Gasteiger partial charge on any atom is 0.337 e. The van der Waals surface area contributed by atoms with E-state index < -0.39 is 11.8 Å². The third kappa shape index (κ3) is 3.95. The van der Waals surface area contributed by atoms with Crippen LogP contribution < -0.4 is 5.32 Å². The molecule has 0 unspecified atom stereocenters. The van der Waals surface area contributed by atoms with E-state index in [4.69, 9.17) is 11.6 Å². The number of halogens is 3. The Morgan fingerprint density at radius 1 is 1.33 bits per heavy atom. The Bertz CT molecular complexity index is 679. The van der Waals surface area contributed by atoms with Crippen molar-refractivity contribution in [2.45, 2.75) is 6.54 Å². The number of hydrogen-bond acceptors (Lipinski definition) is 3. The van der Waals surface area contributed by atoms with E-state index in [2.05, 4.69) is 26.0 Å². The van der Waals surface area contributed by atoms with Gasteiger partial charge in [-0.2, -0.15) is 0 Å². The van der Waals surface area contributed by atoms with E-state index in [0.717, 1.165) is 10.0 Å². The first-order valence-corrected chi connectivity index (χ1v) is 7.24. The fraction of sp³-hybridized carbons (Fsp3) is 0.133. The largest absolute Gasteiger partial charge is 0.465 e. The van der Waals surface area contributed by atoms with E-state index >= 15 is 0 Å². The van der Waals surface area contributed by atoms with Crippen LogP contribution in [0, 0.1) is 5.82 Å². The number of hydrogen-bond donors (Lipinski definition) is 1. The van der Waals surface area contributed by atoms with Crippen molar-refractivity contribution in [1.82, 2.24) is 0 Å². The van der Waals surface area contributed by atoms with Gasteiger partial charge in [-0.15, -0.1) is 0 Å². The van der Waals surface area contributed by atoms with Crippen LogP contribution in [0.2, 0.25) is 5.02 Å². The summed E-state index contributed by atoms with van der Waals surface area (Å²) in [6.07, 6.45) is 0. The van der Waals surface area contributed by atoms with Gasteiger partial charge in [-0.25, -0.2) is 9.18 Å². The average Bonchev–Trinajstić information content (AvgIpc) is 2.49. The molecule has 0 saturated carbocycles. The van der Waals surface area contributed by atoms with Gasteiger partial charge in [0, 0.05) is 11.0 Å². The number of benzene rings is 2. The molecule has 3 nitrogen and oxygen atoms in total. The van der Waals surface area contributed by atoms with Gasteiger partial charge in [0.2, 0.25) is 0 Å². The van der Waals surface area contributed by atoms with Crippen molar-refractivity contribution in [2.75, 3.05) is 12.4 Å². The van der Waals surface area contributed by atoms with Gasteiger partial charge in [0.05, 0.1) is 23.4 Å². The molecule has 2 aromatic rings. The molecule has 0 aliphatic rings. The van der Waals surface area contributed by atoms with Crippen LogP contribution in [0.25, 0.3) is 0 Å². The molecule has 0 fully saturated rings. The van der Waals surface area contributed by atoms with Gasteiger partial charge in [-0.05, 0) is 51.8 Å². The van der Waals surface area contributed by atoms with Gasteiger partial charge in [0.25, 0.3) is 0 Å². The van der Waals surface area contributed by atoms with Gasteiger partial charge in [0.15, 0.2) is 0 Å². The fourth-order valence-corrected chi connectivity index (χ4v) is 2.30. The lowest BCUT2D eigenvalue weighted by Crippen LogP contribution is -2.05. The Hall–Kier alpha value is -1.59. The molecule has 0 heterocycles. The molecule has 0 bridgehead atoms. The predicted molar refractivity (Wildman–Crippen MR) is 84.2 cm³/mol. The van der Waals surface area contributed by atoms with Crippen LogP contribution in [0.3, 0.4) is 0 Å². The number of carbonyl (C=O) groups is 1. The molecule has 0 amide bonds. The van der Waals surface area contributed by atoms with E-state index in [9.17, 15) is 9.18 Å². The van der Waals surface area contributed by atoms with Crippen LogP contribution in [0.5, 0.6) is 0 Å². The lowest BCUT2D eigenvalue weighted by atomic mass is 10.1. The number of nitrogens with one attached hydrogen (secondary N) is 1. The number of esters is 1. The van der Waals surface area contributed by atoms with Crippen LogP contribution in [-0.4, -0.2) is 13.1 Å². The molecule has 2 aromatic carbocycles. The summed E-state index contributed by atoms with van der Waals surface area (Å²) in [5.74, 6) is -0.942. The topological polar surface area (TPSA) is 38.3 Å². The van der Waals surface area contributed by atoms with E-state index in [1.54, 1.807) is 6.07 Å². The van der Waals surface area contributed by atoms with Crippen LogP contribution in [-0.2, 0) is 11.3 Å². The molecule has 0 atom stereocenters. The van der Waals surface area contributed by atoms with Crippen molar-refractivity contribution >= 4 is 39.2 Å². The lowest BCUT2D eigenvalue weighted by molar-refractivity contribution is 0.0600.